The standard InChI is InChI=1S/C6H11BrO4/c1-3(2)6(10,11)4(7)5(8)9/h3-4,10-11H,1-2H3,(H,8,9). The van der Waals surface area contributed by atoms with Gasteiger partial charge >= 0.3 is 5.97 Å². The zero-order valence-corrected chi connectivity index (χ0v) is 7.87. The van der Waals surface area contributed by atoms with Crippen LogP contribution in [0.1, 0.15) is 13.8 Å². The van der Waals surface area contributed by atoms with Gasteiger partial charge in [-0.05, 0) is 0 Å². The van der Waals surface area contributed by atoms with Gasteiger partial charge in [-0.3, -0.25) is 4.79 Å². The summed E-state index contributed by atoms with van der Waals surface area (Å²) in [5, 5.41) is 26.7. The lowest BCUT2D eigenvalue weighted by molar-refractivity contribution is -0.197. The summed E-state index contributed by atoms with van der Waals surface area (Å²) in [6.07, 6.45) is 0. The van der Waals surface area contributed by atoms with Crippen LogP contribution in [0.15, 0.2) is 0 Å². The van der Waals surface area contributed by atoms with Crippen LogP contribution >= 0.6 is 15.9 Å². The summed E-state index contributed by atoms with van der Waals surface area (Å²) in [4.78, 5) is 8.93. The van der Waals surface area contributed by atoms with Crippen LogP contribution in [0, 0.1) is 5.92 Å². The number of aliphatic hydroxyl groups is 2. The molecule has 0 fully saturated rings. The molecule has 11 heavy (non-hydrogen) atoms. The van der Waals surface area contributed by atoms with Gasteiger partial charge in [0, 0.05) is 5.92 Å². The first-order valence-electron chi connectivity index (χ1n) is 3.11. The molecule has 0 rings (SSSR count). The fraction of sp³-hybridized carbons (Fsp3) is 0.833. The van der Waals surface area contributed by atoms with Gasteiger partial charge in [-0.2, -0.15) is 0 Å². The first kappa shape index (κ1) is 10.9. The van der Waals surface area contributed by atoms with Crippen LogP contribution in [-0.4, -0.2) is 31.9 Å². The van der Waals surface area contributed by atoms with E-state index in [1.165, 1.54) is 13.8 Å². The highest BCUT2D eigenvalue weighted by Gasteiger charge is 2.40. The van der Waals surface area contributed by atoms with Gasteiger partial charge in [0.25, 0.3) is 0 Å². The summed E-state index contributed by atoms with van der Waals surface area (Å²) in [6.45, 7) is 3.05. The minimum Gasteiger partial charge on any atom is -0.480 e. The Balaban J connectivity index is 4.41. The predicted octanol–water partition coefficient (Wildman–Crippen LogP) is 0.171. The fourth-order valence-corrected chi connectivity index (χ4v) is 1.00. The Morgan fingerprint density at radius 3 is 1.91 bits per heavy atom. The van der Waals surface area contributed by atoms with E-state index < -0.39 is 22.5 Å². The van der Waals surface area contributed by atoms with Crippen molar-refractivity contribution < 1.29 is 20.1 Å². The monoisotopic (exact) mass is 226 g/mol. The van der Waals surface area contributed by atoms with E-state index in [0.717, 1.165) is 0 Å². The Labute approximate surface area is 73.0 Å². The Morgan fingerprint density at radius 2 is 1.82 bits per heavy atom. The van der Waals surface area contributed by atoms with E-state index in [9.17, 15) is 4.79 Å². The summed E-state index contributed by atoms with van der Waals surface area (Å²) < 4.78 is 0. The number of rotatable bonds is 3. The lowest BCUT2D eigenvalue weighted by atomic mass is 10.00. The summed E-state index contributed by atoms with van der Waals surface area (Å²) in [5.74, 6) is -4.03. The van der Waals surface area contributed by atoms with E-state index in [1.807, 2.05) is 0 Å². The van der Waals surface area contributed by atoms with Crippen molar-refractivity contribution in [1.29, 1.82) is 0 Å². The second-order valence-corrected chi connectivity index (χ2v) is 3.55. The van der Waals surface area contributed by atoms with Crippen molar-refractivity contribution in [3.8, 4) is 0 Å². The normalized spacial score (nSPS) is 15.1. The van der Waals surface area contributed by atoms with Crippen molar-refractivity contribution >= 4 is 21.9 Å². The third-order valence-corrected chi connectivity index (χ3v) is 2.51. The molecule has 0 heterocycles. The Hall–Kier alpha value is -0.130. The number of hydrogen-bond acceptors (Lipinski definition) is 3. The van der Waals surface area contributed by atoms with Crippen LogP contribution in [0.2, 0.25) is 0 Å². The first-order chi connectivity index (χ1) is 4.80. The molecule has 0 saturated heterocycles. The van der Waals surface area contributed by atoms with Gasteiger partial charge in [0.15, 0.2) is 10.6 Å². The van der Waals surface area contributed by atoms with E-state index in [1.54, 1.807) is 0 Å². The number of aliphatic carboxylic acids is 1. The summed E-state index contributed by atoms with van der Waals surface area (Å²) in [7, 11) is 0. The van der Waals surface area contributed by atoms with Crippen LogP contribution in [0.5, 0.6) is 0 Å². The first-order valence-corrected chi connectivity index (χ1v) is 4.03. The zero-order valence-electron chi connectivity index (χ0n) is 6.28. The zero-order chi connectivity index (χ0) is 9.23. The minimum absolute atomic E-state index is 0.539. The summed E-state index contributed by atoms with van der Waals surface area (Å²) in [5.41, 5.74) is 0. The van der Waals surface area contributed by atoms with Gasteiger partial charge < -0.3 is 15.3 Å². The highest BCUT2D eigenvalue weighted by molar-refractivity contribution is 9.10. The van der Waals surface area contributed by atoms with E-state index in [2.05, 4.69) is 15.9 Å². The number of alkyl halides is 1. The molecule has 0 spiro atoms. The van der Waals surface area contributed by atoms with Crippen LogP contribution < -0.4 is 0 Å². The molecule has 0 saturated carbocycles. The Bertz CT molecular complexity index is 155. The lowest BCUT2D eigenvalue weighted by Crippen LogP contribution is -2.47. The molecule has 0 radical (unpaired) electrons. The molecule has 66 valence electrons. The molecule has 0 amide bonds. The summed E-state index contributed by atoms with van der Waals surface area (Å²) in [6, 6.07) is 0. The second kappa shape index (κ2) is 3.51. The van der Waals surface area contributed by atoms with Gasteiger partial charge in [0.05, 0.1) is 0 Å². The van der Waals surface area contributed by atoms with Crippen molar-refractivity contribution in [3.63, 3.8) is 0 Å². The molecule has 1 atom stereocenters. The molecule has 3 N–H and O–H groups in total. The van der Waals surface area contributed by atoms with Crippen molar-refractivity contribution in [2.45, 2.75) is 24.5 Å². The quantitative estimate of drug-likeness (QED) is 0.474. The maximum Gasteiger partial charge on any atom is 0.322 e. The van der Waals surface area contributed by atoms with Crippen LogP contribution in [0.25, 0.3) is 0 Å². The van der Waals surface area contributed by atoms with E-state index in [4.69, 9.17) is 15.3 Å². The van der Waals surface area contributed by atoms with Crippen LogP contribution in [0.4, 0.5) is 0 Å². The molecule has 0 aliphatic carbocycles. The Kier molecular flexibility index (Phi) is 3.47. The largest absolute Gasteiger partial charge is 0.480 e. The van der Waals surface area contributed by atoms with Gasteiger partial charge in [0.2, 0.25) is 0 Å². The molecule has 1 unspecified atom stereocenters. The molecule has 0 aliphatic rings. The van der Waals surface area contributed by atoms with Gasteiger partial charge in [-0.15, -0.1) is 0 Å². The third kappa shape index (κ3) is 2.43. The maximum absolute atomic E-state index is 10.3. The Morgan fingerprint density at radius 1 is 1.45 bits per heavy atom. The third-order valence-electron chi connectivity index (χ3n) is 1.44. The van der Waals surface area contributed by atoms with Crippen molar-refractivity contribution in [1.82, 2.24) is 0 Å². The molecule has 0 aromatic heterocycles. The smallest absolute Gasteiger partial charge is 0.322 e. The molecule has 0 aromatic carbocycles. The van der Waals surface area contributed by atoms with Crippen molar-refractivity contribution in [3.05, 3.63) is 0 Å². The van der Waals surface area contributed by atoms with Crippen molar-refractivity contribution in [2.75, 3.05) is 0 Å². The molecule has 0 bridgehead atoms. The number of carbonyl (C=O) groups is 1. The van der Waals surface area contributed by atoms with Crippen molar-refractivity contribution in [2.24, 2.45) is 5.92 Å². The highest BCUT2D eigenvalue weighted by Crippen LogP contribution is 2.23. The number of carboxylic acid groups (broad SMARTS) is 1. The SMILES string of the molecule is CC(C)C(O)(O)C(Br)C(=O)O. The molecular weight excluding hydrogens is 216 g/mol. The second-order valence-electron chi connectivity index (χ2n) is 2.64. The summed E-state index contributed by atoms with van der Waals surface area (Å²) >= 11 is 2.66. The van der Waals surface area contributed by atoms with Crippen LogP contribution in [0.3, 0.4) is 0 Å². The molecule has 5 heteroatoms. The fourth-order valence-electron chi connectivity index (χ4n) is 0.474. The molecular formula is C6H11BrO4. The number of hydrogen-bond donors (Lipinski definition) is 3. The van der Waals surface area contributed by atoms with Gasteiger partial charge in [0.1, 0.15) is 0 Å². The molecule has 0 aliphatic heterocycles. The maximum atomic E-state index is 10.3. The van der Waals surface area contributed by atoms with Crippen LogP contribution in [-0.2, 0) is 4.79 Å². The van der Waals surface area contributed by atoms with E-state index in [-0.39, 0.29) is 0 Å². The predicted molar refractivity (Wildman–Crippen MR) is 42.4 cm³/mol. The van der Waals surface area contributed by atoms with E-state index in [0.29, 0.717) is 0 Å². The average Bonchev–Trinajstić information content (AvgIpc) is 1.85. The topological polar surface area (TPSA) is 77.8 Å². The number of halogens is 1. The van der Waals surface area contributed by atoms with Gasteiger partial charge in [-0.1, -0.05) is 29.8 Å². The average molecular weight is 227 g/mol. The minimum atomic E-state index is -2.20. The number of carboxylic acids is 1. The lowest BCUT2D eigenvalue weighted by Gasteiger charge is -2.28. The van der Waals surface area contributed by atoms with E-state index >= 15 is 0 Å². The molecule has 4 nitrogen and oxygen atoms in total. The highest BCUT2D eigenvalue weighted by atomic mass is 79.9. The van der Waals surface area contributed by atoms with Gasteiger partial charge in [-0.25, -0.2) is 0 Å². The molecule has 0 aromatic rings.